The van der Waals surface area contributed by atoms with Crippen molar-refractivity contribution in [2.75, 3.05) is 0 Å². The Labute approximate surface area is 257 Å². The molecule has 24 heavy (non-hydrogen) atoms. The van der Waals surface area contributed by atoms with Gasteiger partial charge < -0.3 is 24.7 Å². The van der Waals surface area contributed by atoms with Crippen LogP contribution in [0.5, 0.6) is 11.8 Å². The smallest absolute Gasteiger partial charge is 0.652 e. The second-order valence-corrected chi connectivity index (χ2v) is 4.63. The number of carbonyl (C=O) groups excluding carboxylic acids is 1. The van der Waals surface area contributed by atoms with Gasteiger partial charge in [-0.2, -0.15) is 4.98 Å². The van der Waals surface area contributed by atoms with Crippen molar-refractivity contribution in [3.63, 3.8) is 0 Å². The molecule has 0 aliphatic carbocycles. The van der Waals surface area contributed by atoms with Gasteiger partial charge in [-0.1, -0.05) is 30.3 Å². The number of ether oxygens (including phenoxy) is 1. The molecule has 0 fully saturated rings. The Hall–Kier alpha value is 1.08. The Morgan fingerprint density at radius 2 is 1.54 bits per heavy atom. The zero-order valence-electron chi connectivity index (χ0n) is 14.1. The molecular weight excluding hydrogens is 550 g/mol. The Balaban J connectivity index is 0.000000801. The molecule has 0 amide bonds. The molecule has 0 aliphatic rings. The summed E-state index contributed by atoms with van der Waals surface area (Å²) in [5, 5.41) is 16.7. The van der Waals surface area contributed by atoms with E-state index in [4.69, 9.17) is 19.7 Å². The second kappa shape index (κ2) is 12.5. The molecule has 1 heterocycles. The van der Waals surface area contributed by atoms with Crippen LogP contribution in [0.4, 0.5) is 4.79 Å². The van der Waals surface area contributed by atoms with Crippen molar-refractivity contribution in [3.8, 4) is 11.8 Å². The van der Waals surface area contributed by atoms with E-state index in [1.807, 2.05) is 56.3 Å². The van der Waals surface area contributed by atoms with Gasteiger partial charge in [-0.05, 0) is 43.3 Å². The number of fused-ring (bicyclic) bond motifs is 1. The summed E-state index contributed by atoms with van der Waals surface area (Å²) < 4.78 is 5.86. The maximum absolute atomic E-state index is 8.33. The fourth-order valence-electron chi connectivity index (χ4n) is 2.03. The first-order valence-electron chi connectivity index (χ1n) is 6.54. The molecule has 0 atom stereocenters. The van der Waals surface area contributed by atoms with E-state index in [1.54, 1.807) is 0 Å². The van der Waals surface area contributed by atoms with Gasteiger partial charge in [0.25, 0.3) is 6.01 Å². The van der Waals surface area contributed by atoms with E-state index in [9.17, 15) is 0 Å². The third kappa shape index (κ3) is 7.76. The summed E-state index contributed by atoms with van der Waals surface area (Å²) in [6, 6.07) is 14.5. The summed E-state index contributed by atoms with van der Waals surface area (Å²) in [6.45, 7) is 4.07. The molecule has 0 aliphatic heterocycles. The summed E-state index contributed by atoms with van der Waals surface area (Å²) in [6.07, 6.45) is -2.33. The maximum atomic E-state index is 8.33. The minimum atomic E-state index is -2.33. The van der Waals surface area contributed by atoms with E-state index < -0.39 is 6.16 Å². The van der Waals surface area contributed by atoms with Crippen LogP contribution in [0.3, 0.4) is 0 Å². The van der Waals surface area contributed by atoms with Crippen molar-refractivity contribution < 1.29 is 158 Å². The number of carboxylic acid groups (broad SMARTS) is 2. The van der Waals surface area contributed by atoms with Crippen LogP contribution < -0.4 is 153 Å². The molecule has 0 unspecified atom stereocenters. The van der Waals surface area contributed by atoms with Crippen LogP contribution in [0.15, 0.2) is 42.5 Å². The number of nitrogens with one attached hydrogen (secondary N) is 1. The number of hydrogen-bond donors (Lipinski definition) is 1. The number of carbonyl (C=O) groups is 1. The molecule has 3 aromatic rings. The molecule has 1 aromatic heterocycles. The van der Waals surface area contributed by atoms with Gasteiger partial charge in [-0.15, -0.1) is 0 Å². The fourth-order valence-corrected chi connectivity index (χ4v) is 2.03. The number of nitrogens with zero attached hydrogens (tertiary/aromatic N) is 1. The van der Waals surface area contributed by atoms with Gasteiger partial charge in [-0.3, -0.25) is 0 Å². The number of benzene rings is 2. The number of para-hydroxylation sites is 3. The molecule has 8 heteroatoms. The third-order valence-corrected chi connectivity index (χ3v) is 2.98. The van der Waals surface area contributed by atoms with Crippen LogP contribution in [0, 0.1) is 13.8 Å². The average molecular weight is 564 g/mol. The summed E-state index contributed by atoms with van der Waals surface area (Å²) in [4.78, 5) is 15.9. The van der Waals surface area contributed by atoms with Gasteiger partial charge in [0, 0.05) is 0 Å². The number of hydrogen-bond acceptors (Lipinski definition) is 5. The monoisotopic (exact) mass is 564 g/mol. The predicted molar refractivity (Wildman–Crippen MR) is 77.5 cm³/mol. The van der Waals surface area contributed by atoms with Crippen molar-refractivity contribution in [1.29, 1.82) is 0 Å². The Kier molecular flexibility index (Phi) is 13.0. The number of aromatic nitrogens is 2. The summed E-state index contributed by atoms with van der Waals surface area (Å²) in [5.41, 5.74) is 4.11. The minimum Gasteiger partial charge on any atom is -0.652 e. The molecule has 0 saturated heterocycles. The number of aryl methyl sites for hydroxylation is 2. The van der Waals surface area contributed by atoms with Crippen LogP contribution >= 0.6 is 0 Å². The Morgan fingerprint density at radius 3 is 2.08 bits per heavy atom. The van der Waals surface area contributed by atoms with Crippen molar-refractivity contribution in [2.24, 2.45) is 0 Å². The van der Waals surface area contributed by atoms with Crippen LogP contribution in [0.2, 0.25) is 0 Å². The van der Waals surface area contributed by atoms with E-state index in [1.165, 1.54) is 0 Å². The first kappa shape index (κ1) is 25.1. The summed E-state index contributed by atoms with van der Waals surface area (Å²) in [5.74, 6) is 0.872. The maximum Gasteiger partial charge on any atom is 1.00 e. The molecular formula is C16H14Cs2N2O4. The fraction of sp³-hybridized carbons (Fsp3) is 0.125. The predicted octanol–water partition coefficient (Wildman–Crippen LogP) is -4.47. The molecule has 2 aromatic carbocycles. The minimum absolute atomic E-state index is 0. The molecule has 6 nitrogen and oxygen atoms in total. The van der Waals surface area contributed by atoms with E-state index in [-0.39, 0.29) is 138 Å². The van der Waals surface area contributed by atoms with Crippen molar-refractivity contribution in [1.82, 2.24) is 9.97 Å². The number of aromatic amines is 1. The standard InChI is InChI=1S/C15H14N2O.CH2O3.2Cs/c1-10-6-5-7-11(2)14(10)18-15-16-12-8-3-4-9-13(12)17-15;2-1(3)4;;/h3-9H,1-2H3,(H,16,17);(H2,2,3,4);;/q;;2*+1/p-2. The quantitative estimate of drug-likeness (QED) is 0.339. The van der Waals surface area contributed by atoms with Crippen LogP contribution in [-0.2, 0) is 0 Å². The zero-order chi connectivity index (χ0) is 16.1. The molecule has 114 valence electrons. The summed E-state index contributed by atoms with van der Waals surface area (Å²) >= 11 is 0. The first-order chi connectivity index (χ1) is 10.5. The van der Waals surface area contributed by atoms with Gasteiger partial charge in [-0.25, -0.2) is 0 Å². The number of imidazole rings is 1. The third-order valence-electron chi connectivity index (χ3n) is 2.98. The van der Waals surface area contributed by atoms with E-state index >= 15 is 0 Å². The van der Waals surface area contributed by atoms with E-state index in [2.05, 4.69) is 9.97 Å². The van der Waals surface area contributed by atoms with Crippen LogP contribution in [0.25, 0.3) is 11.0 Å². The van der Waals surface area contributed by atoms with Crippen LogP contribution in [-0.4, -0.2) is 16.1 Å². The van der Waals surface area contributed by atoms with Crippen molar-refractivity contribution in [3.05, 3.63) is 53.6 Å². The van der Waals surface area contributed by atoms with Crippen LogP contribution in [0.1, 0.15) is 11.1 Å². The molecule has 0 saturated carbocycles. The van der Waals surface area contributed by atoms with Gasteiger partial charge in [0.2, 0.25) is 0 Å². The van der Waals surface area contributed by atoms with Gasteiger partial charge in [0.15, 0.2) is 0 Å². The van der Waals surface area contributed by atoms with E-state index in [0.29, 0.717) is 6.01 Å². The van der Waals surface area contributed by atoms with Gasteiger partial charge >= 0.3 is 138 Å². The van der Waals surface area contributed by atoms with Crippen molar-refractivity contribution >= 4 is 17.2 Å². The van der Waals surface area contributed by atoms with Crippen molar-refractivity contribution in [2.45, 2.75) is 13.8 Å². The largest absolute Gasteiger partial charge is 1.00 e. The Bertz CT molecular complexity index is 748. The summed E-state index contributed by atoms with van der Waals surface area (Å²) in [7, 11) is 0. The van der Waals surface area contributed by atoms with Gasteiger partial charge in [0.1, 0.15) is 5.75 Å². The number of rotatable bonds is 2. The first-order valence-corrected chi connectivity index (χ1v) is 6.54. The van der Waals surface area contributed by atoms with E-state index in [0.717, 1.165) is 27.9 Å². The van der Waals surface area contributed by atoms with Gasteiger partial charge in [0.05, 0.1) is 11.0 Å². The molecule has 3 rings (SSSR count). The SMILES string of the molecule is Cc1cccc(C)c1Oc1nc2ccccc2[nH]1.O=C([O-])[O-].[Cs+].[Cs+]. The Morgan fingerprint density at radius 1 is 1.00 bits per heavy atom. The molecule has 0 bridgehead atoms. The molecule has 1 N–H and O–H groups in total. The molecule has 0 spiro atoms. The zero-order valence-corrected chi connectivity index (χ0v) is 26.7. The molecule has 0 radical (unpaired) electrons. The topological polar surface area (TPSA) is 101 Å². The normalized spacial score (nSPS) is 9.08. The average Bonchev–Trinajstić information content (AvgIpc) is 2.85. The number of H-pyrrole nitrogens is 1. The second-order valence-electron chi connectivity index (χ2n) is 4.63.